The van der Waals surface area contributed by atoms with Gasteiger partial charge in [-0.25, -0.2) is 9.97 Å². The third-order valence-electron chi connectivity index (χ3n) is 7.03. The normalized spacial score (nSPS) is 11.6. The predicted molar refractivity (Wildman–Crippen MR) is 164 cm³/mol. The fourth-order valence-electron chi connectivity index (χ4n) is 4.71. The summed E-state index contributed by atoms with van der Waals surface area (Å²) in [6.45, 7) is 14.3. The summed E-state index contributed by atoms with van der Waals surface area (Å²) in [5, 5.41) is 6.96. The lowest BCUT2D eigenvalue weighted by Gasteiger charge is -2.25. The van der Waals surface area contributed by atoms with E-state index in [1.165, 1.54) is 0 Å². The maximum absolute atomic E-state index is 13.4. The second kappa shape index (κ2) is 11.8. The number of likely N-dealkylation sites (N-methyl/N-ethyl adjacent to an activating group) is 1. The molecule has 40 heavy (non-hydrogen) atoms. The number of aromatic nitrogens is 2. The lowest BCUT2D eigenvalue weighted by molar-refractivity contribution is -0.117. The molecule has 2 amide bonds. The van der Waals surface area contributed by atoms with Gasteiger partial charge in [0.25, 0.3) is 5.91 Å². The zero-order chi connectivity index (χ0) is 29.0. The standard InChI is InChI=1S/C32H38N6O2/c1-7-38(8-2)19-29(39)36-28-17-24(12-13-26(28)32(4,5)6)35-30(40)22-10-9-20(3)25(16-22)21-11-14-27-23(15-21)18-34-31(33)37-27/h9-18H,7-8,19H2,1-6H3,(H,35,40)(H,36,39)(H2,33,34,37). The fourth-order valence-corrected chi connectivity index (χ4v) is 4.71. The fraction of sp³-hybridized carbons (Fsp3) is 0.312. The first-order valence-corrected chi connectivity index (χ1v) is 13.6. The Morgan fingerprint density at radius 2 is 1.70 bits per heavy atom. The van der Waals surface area contributed by atoms with Crippen LogP contribution >= 0.6 is 0 Å². The smallest absolute Gasteiger partial charge is 0.255 e. The van der Waals surface area contributed by atoms with Crippen LogP contribution in [0.5, 0.6) is 0 Å². The number of nitrogens with one attached hydrogen (secondary N) is 2. The SMILES string of the molecule is CCN(CC)CC(=O)Nc1cc(NC(=O)c2ccc(C)c(-c3ccc4nc(N)ncc4c3)c2)ccc1C(C)(C)C. The second-order valence-corrected chi connectivity index (χ2v) is 11.0. The van der Waals surface area contributed by atoms with Gasteiger partial charge in [-0.05, 0) is 84.1 Å². The zero-order valence-corrected chi connectivity index (χ0v) is 24.1. The van der Waals surface area contributed by atoms with Crippen molar-refractivity contribution < 1.29 is 9.59 Å². The van der Waals surface area contributed by atoms with Crippen LogP contribution in [-0.4, -0.2) is 46.3 Å². The quantitative estimate of drug-likeness (QED) is 0.253. The van der Waals surface area contributed by atoms with Crippen molar-refractivity contribution in [2.24, 2.45) is 0 Å². The van der Waals surface area contributed by atoms with Crippen LogP contribution in [0.25, 0.3) is 22.0 Å². The van der Waals surface area contributed by atoms with Gasteiger partial charge in [-0.1, -0.05) is 52.8 Å². The molecule has 0 fully saturated rings. The molecule has 0 atom stereocenters. The van der Waals surface area contributed by atoms with Crippen LogP contribution < -0.4 is 16.4 Å². The van der Waals surface area contributed by atoms with Gasteiger partial charge in [-0.2, -0.15) is 0 Å². The molecule has 8 nitrogen and oxygen atoms in total. The topological polar surface area (TPSA) is 113 Å². The summed E-state index contributed by atoms with van der Waals surface area (Å²) >= 11 is 0. The molecule has 3 aromatic carbocycles. The van der Waals surface area contributed by atoms with Gasteiger partial charge in [0.1, 0.15) is 0 Å². The molecule has 0 saturated heterocycles. The number of carbonyl (C=O) groups is 2. The van der Waals surface area contributed by atoms with Gasteiger partial charge < -0.3 is 16.4 Å². The van der Waals surface area contributed by atoms with Crippen LogP contribution in [-0.2, 0) is 10.2 Å². The Hall–Kier alpha value is -4.30. The highest BCUT2D eigenvalue weighted by atomic mass is 16.2. The van der Waals surface area contributed by atoms with Gasteiger partial charge in [0.2, 0.25) is 11.9 Å². The number of hydrogen-bond donors (Lipinski definition) is 3. The minimum absolute atomic E-state index is 0.0793. The van der Waals surface area contributed by atoms with Crippen LogP contribution in [0, 0.1) is 6.92 Å². The minimum atomic E-state index is -0.234. The molecule has 0 radical (unpaired) electrons. The minimum Gasteiger partial charge on any atom is -0.368 e. The maximum atomic E-state index is 13.4. The number of nitrogen functional groups attached to an aromatic ring is 1. The molecule has 0 aliphatic carbocycles. The number of aryl methyl sites for hydroxylation is 1. The van der Waals surface area contributed by atoms with E-state index in [4.69, 9.17) is 5.73 Å². The molecular weight excluding hydrogens is 500 g/mol. The average Bonchev–Trinajstić information content (AvgIpc) is 2.91. The summed E-state index contributed by atoms with van der Waals surface area (Å²) in [6, 6.07) is 17.2. The lowest BCUT2D eigenvalue weighted by atomic mass is 9.85. The third-order valence-corrected chi connectivity index (χ3v) is 7.03. The highest BCUT2D eigenvalue weighted by Crippen LogP contribution is 2.33. The van der Waals surface area contributed by atoms with E-state index >= 15 is 0 Å². The molecule has 8 heteroatoms. The number of hydrogen-bond acceptors (Lipinski definition) is 6. The monoisotopic (exact) mass is 538 g/mol. The molecule has 0 aliphatic heterocycles. The van der Waals surface area contributed by atoms with E-state index in [1.54, 1.807) is 6.20 Å². The van der Waals surface area contributed by atoms with Gasteiger partial charge in [0.05, 0.1) is 12.1 Å². The summed E-state index contributed by atoms with van der Waals surface area (Å²) < 4.78 is 0. The van der Waals surface area contributed by atoms with Gasteiger partial charge >= 0.3 is 0 Å². The van der Waals surface area contributed by atoms with E-state index < -0.39 is 0 Å². The molecule has 0 saturated carbocycles. The van der Waals surface area contributed by atoms with E-state index in [1.807, 2.05) is 75.4 Å². The van der Waals surface area contributed by atoms with Crippen LogP contribution in [0.15, 0.2) is 60.8 Å². The number of benzene rings is 3. The number of rotatable bonds is 8. The number of nitrogens with zero attached hydrogens (tertiary/aromatic N) is 3. The molecule has 0 unspecified atom stereocenters. The third kappa shape index (κ3) is 6.63. The zero-order valence-electron chi connectivity index (χ0n) is 24.1. The van der Waals surface area contributed by atoms with Gasteiger partial charge in [-0.3, -0.25) is 14.5 Å². The molecule has 4 rings (SSSR count). The van der Waals surface area contributed by atoms with Gasteiger partial charge in [0.15, 0.2) is 0 Å². The highest BCUT2D eigenvalue weighted by molar-refractivity contribution is 6.06. The van der Waals surface area contributed by atoms with Crippen molar-refractivity contribution >= 4 is 40.0 Å². The van der Waals surface area contributed by atoms with Crippen LogP contribution in [0.4, 0.5) is 17.3 Å². The summed E-state index contributed by atoms with van der Waals surface area (Å²) in [6.07, 6.45) is 1.70. The Kier molecular flexibility index (Phi) is 8.49. The molecule has 0 aliphatic rings. The largest absolute Gasteiger partial charge is 0.368 e. The van der Waals surface area contributed by atoms with Crippen molar-refractivity contribution in [2.75, 3.05) is 36.0 Å². The van der Waals surface area contributed by atoms with E-state index in [2.05, 4.69) is 46.3 Å². The van der Waals surface area contributed by atoms with Crippen molar-refractivity contribution in [2.45, 2.75) is 47.0 Å². The number of nitrogens with two attached hydrogens (primary N) is 1. The number of fused-ring (bicyclic) bond motifs is 1. The molecular formula is C32H38N6O2. The number of amides is 2. The van der Waals surface area contributed by atoms with Crippen molar-refractivity contribution in [1.29, 1.82) is 0 Å². The van der Waals surface area contributed by atoms with Crippen LogP contribution in [0.1, 0.15) is 56.1 Å². The Balaban J connectivity index is 1.60. The molecule has 1 aromatic heterocycles. The van der Waals surface area contributed by atoms with Crippen LogP contribution in [0.2, 0.25) is 0 Å². The molecule has 1 heterocycles. The van der Waals surface area contributed by atoms with Gasteiger partial charge in [-0.15, -0.1) is 0 Å². The first-order valence-electron chi connectivity index (χ1n) is 13.6. The molecule has 0 spiro atoms. The van der Waals surface area contributed by atoms with Crippen molar-refractivity contribution in [3.63, 3.8) is 0 Å². The maximum Gasteiger partial charge on any atom is 0.255 e. The van der Waals surface area contributed by atoms with Crippen molar-refractivity contribution in [1.82, 2.24) is 14.9 Å². The predicted octanol–water partition coefficient (Wildman–Crippen LogP) is 6.02. The van der Waals surface area contributed by atoms with E-state index in [-0.39, 0.29) is 23.2 Å². The summed E-state index contributed by atoms with van der Waals surface area (Å²) in [5.41, 5.74) is 12.1. The van der Waals surface area contributed by atoms with E-state index in [9.17, 15) is 9.59 Å². The van der Waals surface area contributed by atoms with Gasteiger partial charge in [0, 0.05) is 28.5 Å². The molecule has 4 aromatic rings. The molecule has 0 bridgehead atoms. The second-order valence-electron chi connectivity index (χ2n) is 11.0. The van der Waals surface area contributed by atoms with Crippen molar-refractivity contribution in [3.8, 4) is 11.1 Å². The first-order chi connectivity index (χ1) is 19.0. The number of carbonyl (C=O) groups excluding carboxylic acids is 2. The molecule has 4 N–H and O–H groups in total. The average molecular weight is 539 g/mol. The Labute approximate surface area is 236 Å². The van der Waals surface area contributed by atoms with Crippen LogP contribution in [0.3, 0.4) is 0 Å². The Morgan fingerprint density at radius 1 is 0.950 bits per heavy atom. The lowest BCUT2D eigenvalue weighted by Crippen LogP contribution is -2.33. The van der Waals surface area contributed by atoms with Crippen molar-refractivity contribution in [3.05, 3.63) is 77.5 Å². The molecule has 208 valence electrons. The summed E-state index contributed by atoms with van der Waals surface area (Å²) in [4.78, 5) is 36.6. The first kappa shape index (κ1) is 28.7. The summed E-state index contributed by atoms with van der Waals surface area (Å²) in [7, 11) is 0. The highest BCUT2D eigenvalue weighted by Gasteiger charge is 2.21. The Morgan fingerprint density at radius 3 is 2.40 bits per heavy atom. The number of anilines is 3. The van der Waals surface area contributed by atoms with E-state index in [0.29, 0.717) is 23.5 Å². The van der Waals surface area contributed by atoms with E-state index in [0.717, 1.165) is 46.2 Å². The Bertz CT molecular complexity index is 1550. The summed E-state index contributed by atoms with van der Waals surface area (Å²) in [5.74, 6) is -0.0800.